The zero-order valence-corrected chi connectivity index (χ0v) is 12.9. The van der Waals surface area contributed by atoms with Gasteiger partial charge in [-0.05, 0) is 42.1 Å². The number of benzene rings is 1. The van der Waals surface area contributed by atoms with Gasteiger partial charge >= 0.3 is 0 Å². The van der Waals surface area contributed by atoms with Crippen LogP contribution < -0.4 is 0 Å². The molecule has 1 heterocycles. The molecule has 2 rings (SSSR count). The molecule has 1 unspecified atom stereocenters. The number of nitrogens with zero attached hydrogens (tertiary/aromatic N) is 5. The van der Waals surface area contributed by atoms with Crippen molar-refractivity contribution in [1.82, 2.24) is 25.1 Å². The van der Waals surface area contributed by atoms with E-state index in [1.54, 1.807) is 12.1 Å². The van der Waals surface area contributed by atoms with Gasteiger partial charge in [-0.15, -0.1) is 5.10 Å². The summed E-state index contributed by atoms with van der Waals surface area (Å²) in [6, 6.07) is 4.77. The highest BCUT2D eigenvalue weighted by Crippen LogP contribution is 2.15. The summed E-state index contributed by atoms with van der Waals surface area (Å²) >= 11 is 0. The van der Waals surface area contributed by atoms with E-state index in [1.807, 2.05) is 18.9 Å². The lowest BCUT2D eigenvalue weighted by Crippen LogP contribution is -2.32. The molecule has 22 heavy (non-hydrogen) atoms. The molecule has 0 saturated carbocycles. The third kappa shape index (κ3) is 4.06. The number of hydrogen-bond acceptors (Lipinski definition) is 6. The van der Waals surface area contributed by atoms with Crippen molar-refractivity contribution in [3.63, 3.8) is 0 Å². The number of rotatable bonds is 7. The minimum atomic E-state index is -0.602. The molecule has 0 fully saturated rings. The van der Waals surface area contributed by atoms with Crippen LogP contribution in [0.5, 0.6) is 0 Å². The molecule has 0 bridgehead atoms. The monoisotopic (exact) mass is 309 g/mol. The van der Waals surface area contributed by atoms with Crippen molar-refractivity contribution in [3.8, 4) is 5.69 Å². The fraction of sp³-hybridized carbons (Fsp3) is 0.500. The second-order valence-corrected chi connectivity index (χ2v) is 5.27. The van der Waals surface area contributed by atoms with Crippen molar-refractivity contribution in [3.05, 3.63) is 35.4 Å². The summed E-state index contributed by atoms with van der Waals surface area (Å²) in [4.78, 5) is 1.85. The fourth-order valence-electron chi connectivity index (χ4n) is 2.19. The van der Waals surface area contributed by atoms with E-state index in [0.717, 1.165) is 5.56 Å². The van der Waals surface area contributed by atoms with Gasteiger partial charge in [-0.2, -0.15) is 4.68 Å². The van der Waals surface area contributed by atoms with Crippen LogP contribution in [-0.2, 0) is 11.3 Å². The Morgan fingerprint density at radius 3 is 2.95 bits per heavy atom. The predicted octanol–water partition coefficient (Wildman–Crippen LogP) is 0.549. The molecule has 0 aliphatic carbocycles. The average Bonchev–Trinajstić information content (AvgIpc) is 2.89. The maximum absolute atomic E-state index is 14.0. The van der Waals surface area contributed by atoms with Gasteiger partial charge in [0.1, 0.15) is 11.5 Å². The van der Waals surface area contributed by atoms with Crippen LogP contribution in [0.3, 0.4) is 0 Å². The summed E-state index contributed by atoms with van der Waals surface area (Å²) in [5, 5.41) is 21.1. The highest BCUT2D eigenvalue weighted by Gasteiger charge is 2.16. The third-order valence-electron chi connectivity index (χ3n) is 3.16. The van der Waals surface area contributed by atoms with E-state index in [2.05, 4.69) is 15.5 Å². The molecule has 7 nitrogen and oxygen atoms in total. The molecule has 0 spiro atoms. The van der Waals surface area contributed by atoms with Crippen LogP contribution in [0.15, 0.2) is 18.2 Å². The Kier molecular flexibility index (Phi) is 5.53. The van der Waals surface area contributed by atoms with Gasteiger partial charge in [-0.25, -0.2) is 4.39 Å². The van der Waals surface area contributed by atoms with E-state index in [9.17, 15) is 9.50 Å². The maximum atomic E-state index is 14.0. The van der Waals surface area contributed by atoms with Gasteiger partial charge in [-0.1, -0.05) is 6.07 Å². The van der Waals surface area contributed by atoms with E-state index >= 15 is 0 Å². The Balaban J connectivity index is 2.14. The van der Waals surface area contributed by atoms with Gasteiger partial charge < -0.3 is 9.84 Å². The van der Waals surface area contributed by atoms with E-state index < -0.39 is 6.10 Å². The Morgan fingerprint density at radius 2 is 2.23 bits per heavy atom. The van der Waals surface area contributed by atoms with E-state index in [0.29, 0.717) is 24.6 Å². The number of aliphatic hydroxyl groups is 1. The van der Waals surface area contributed by atoms with Gasteiger partial charge in [0.2, 0.25) is 0 Å². The molecule has 0 aliphatic rings. The first-order chi connectivity index (χ1) is 10.5. The fourth-order valence-corrected chi connectivity index (χ4v) is 2.19. The molecule has 120 valence electrons. The number of ether oxygens (including phenoxy) is 1. The largest absolute Gasteiger partial charge is 0.389 e. The first kappa shape index (κ1) is 16.5. The van der Waals surface area contributed by atoms with Gasteiger partial charge in [0.25, 0.3) is 0 Å². The van der Waals surface area contributed by atoms with Crippen molar-refractivity contribution in [2.75, 3.05) is 27.3 Å². The van der Waals surface area contributed by atoms with Gasteiger partial charge in [0, 0.05) is 13.7 Å². The van der Waals surface area contributed by atoms with Crippen LogP contribution in [0.1, 0.15) is 11.4 Å². The predicted molar refractivity (Wildman–Crippen MR) is 78.1 cm³/mol. The summed E-state index contributed by atoms with van der Waals surface area (Å²) in [6.45, 7) is 2.90. The minimum Gasteiger partial charge on any atom is -0.389 e. The number of halogens is 1. The molecular formula is C14H20FN5O2. The molecule has 1 aromatic carbocycles. The number of tetrazole rings is 1. The van der Waals surface area contributed by atoms with Crippen LogP contribution in [0.25, 0.3) is 5.69 Å². The third-order valence-corrected chi connectivity index (χ3v) is 3.16. The molecule has 1 atom stereocenters. The normalized spacial score (nSPS) is 12.8. The minimum absolute atomic E-state index is 0.252. The molecule has 0 saturated heterocycles. The van der Waals surface area contributed by atoms with Crippen LogP contribution in [0.2, 0.25) is 0 Å². The second-order valence-electron chi connectivity index (χ2n) is 5.27. The van der Waals surface area contributed by atoms with Crippen LogP contribution in [0, 0.1) is 12.7 Å². The number of methoxy groups -OCH3 is 1. The van der Waals surface area contributed by atoms with Gasteiger partial charge in [0.15, 0.2) is 5.82 Å². The zero-order valence-electron chi connectivity index (χ0n) is 12.9. The van der Waals surface area contributed by atoms with Crippen LogP contribution >= 0.6 is 0 Å². The lowest BCUT2D eigenvalue weighted by Gasteiger charge is -2.19. The lowest BCUT2D eigenvalue weighted by atomic mass is 10.2. The molecule has 2 aromatic rings. The van der Waals surface area contributed by atoms with E-state index in [4.69, 9.17) is 4.74 Å². The Bertz CT molecular complexity index is 619. The molecule has 1 aromatic heterocycles. The maximum Gasteiger partial charge on any atom is 0.170 e. The molecular weight excluding hydrogens is 289 g/mol. The van der Waals surface area contributed by atoms with Gasteiger partial charge in [0.05, 0.1) is 19.3 Å². The van der Waals surface area contributed by atoms with Crippen molar-refractivity contribution in [2.24, 2.45) is 0 Å². The first-order valence-corrected chi connectivity index (χ1v) is 6.90. The number of likely N-dealkylation sites (N-methyl/N-ethyl adjacent to an activating group) is 1. The number of aliphatic hydroxyl groups excluding tert-OH is 1. The quantitative estimate of drug-likeness (QED) is 0.805. The number of hydrogen-bond donors (Lipinski definition) is 1. The summed E-state index contributed by atoms with van der Waals surface area (Å²) in [5.74, 6) is 0.109. The van der Waals surface area contributed by atoms with E-state index in [-0.39, 0.29) is 12.4 Å². The Hall–Kier alpha value is -1.90. The van der Waals surface area contributed by atoms with E-state index in [1.165, 1.54) is 17.9 Å². The Labute approximate surface area is 128 Å². The summed E-state index contributed by atoms with van der Waals surface area (Å²) in [5.41, 5.74) is 1.23. The van der Waals surface area contributed by atoms with Crippen LogP contribution in [-0.4, -0.2) is 63.6 Å². The number of aromatic nitrogens is 4. The SMILES string of the molecule is COCC(O)CN(C)Cc1nnnn1-c1cc(C)ccc1F. The first-order valence-electron chi connectivity index (χ1n) is 6.90. The van der Waals surface area contributed by atoms with Crippen molar-refractivity contribution in [2.45, 2.75) is 19.6 Å². The highest BCUT2D eigenvalue weighted by molar-refractivity contribution is 5.36. The summed E-state index contributed by atoms with van der Waals surface area (Å²) in [7, 11) is 3.36. The highest BCUT2D eigenvalue weighted by atomic mass is 19.1. The van der Waals surface area contributed by atoms with Crippen molar-refractivity contribution in [1.29, 1.82) is 0 Å². The molecule has 8 heteroatoms. The lowest BCUT2D eigenvalue weighted by molar-refractivity contribution is 0.0413. The Morgan fingerprint density at radius 1 is 1.45 bits per heavy atom. The second kappa shape index (κ2) is 7.39. The summed E-state index contributed by atoms with van der Waals surface area (Å²) in [6.07, 6.45) is -0.602. The van der Waals surface area contributed by atoms with Crippen LogP contribution in [0.4, 0.5) is 4.39 Å². The van der Waals surface area contributed by atoms with Gasteiger partial charge in [-0.3, -0.25) is 4.90 Å². The smallest absolute Gasteiger partial charge is 0.170 e. The molecule has 0 aliphatic heterocycles. The molecule has 0 amide bonds. The number of aryl methyl sites for hydroxylation is 1. The zero-order chi connectivity index (χ0) is 16.1. The topological polar surface area (TPSA) is 76.3 Å². The average molecular weight is 309 g/mol. The molecule has 1 N–H and O–H groups in total. The van der Waals surface area contributed by atoms with Crippen molar-refractivity contribution < 1.29 is 14.2 Å². The summed E-state index contributed by atoms with van der Waals surface area (Å²) < 4.78 is 20.2. The standard InChI is InChI=1S/C14H20FN5O2/c1-10-4-5-12(15)13(6-10)20-14(16-17-18-20)8-19(2)7-11(21)9-22-3/h4-6,11,21H,7-9H2,1-3H3. The molecule has 0 radical (unpaired) electrons. The van der Waals surface area contributed by atoms with Crippen molar-refractivity contribution >= 4 is 0 Å².